The standard InChI is InChI=1S/C21H29BrO3Si/c1-7-16-15(3)18-13-25-21(23)19(18)20(24-10-11-26(4,5)6)17(16)9-8-14(2)12-22/h7-8H,1,9-13H2,2-6H3/b14-8+. The lowest BCUT2D eigenvalue weighted by Crippen LogP contribution is -2.23. The Hall–Kier alpha value is -1.33. The lowest BCUT2D eigenvalue weighted by Gasteiger charge is -2.21. The van der Waals surface area contributed by atoms with Gasteiger partial charge in [-0.15, -0.1) is 0 Å². The zero-order valence-corrected chi connectivity index (χ0v) is 19.1. The van der Waals surface area contributed by atoms with Crippen LogP contribution < -0.4 is 4.74 Å². The minimum Gasteiger partial charge on any atom is -0.493 e. The van der Waals surface area contributed by atoms with Crippen molar-refractivity contribution in [1.82, 2.24) is 0 Å². The number of carbonyl (C=O) groups is 1. The van der Waals surface area contributed by atoms with Gasteiger partial charge in [-0.25, -0.2) is 4.79 Å². The smallest absolute Gasteiger partial charge is 0.342 e. The molecule has 26 heavy (non-hydrogen) atoms. The Morgan fingerprint density at radius 1 is 1.38 bits per heavy atom. The molecule has 1 aliphatic heterocycles. The lowest BCUT2D eigenvalue weighted by molar-refractivity contribution is 0.0532. The number of rotatable bonds is 8. The molecule has 0 amide bonds. The van der Waals surface area contributed by atoms with Gasteiger partial charge in [-0.2, -0.15) is 0 Å². The predicted molar refractivity (Wildman–Crippen MR) is 115 cm³/mol. The van der Waals surface area contributed by atoms with Gasteiger partial charge in [0.1, 0.15) is 17.9 Å². The summed E-state index contributed by atoms with van der Waals surface area (Å²) in [6, 6.07) is 1.05. The van der Waals surface area contributed by atoms with Crippen molar-refractivity contribution < 1.29 is 14.3 Å². The number of carbonyl (C=O) groups excluding carboxylic acids is 1. The monoisotopic (exact) mass is 436 g/mol. The summed E-state index contributed by atoms with van der Waals surface area (Å²) < 4.78 is 11.6. The molecule has 1 aromatic rings. The Morgan fingerprint density at radius 3 is 2.65 bits per heavy atom. The summed E-state index contributed by atoms with van der Waals surface area (Å²) in [4.78, 5) is 12.4. The highest BCUT2D eigenvalue weighted by Gasteiger charge is 2.32. The second-order valence-corrected chi connectivity index (χ2v) is 14.2. The van der Waals surface area contributed by atoms with E-state index in [-0.39, 0.29) is 5.97 Å². The van der Waals surface area contributed by atoms with Gasteiger partial charge in [0.05, 0.1) is 6.61 Å². The van der Waals surface area contributed by atoms with Crippen molar-refractivity contribution in [2.75, 3.05) is 11.9 Å². The number of hydrogen-bond donors (Lipinski definition) is 0. The van der Waals surface area contributed by atoms with Gasteiger partial charge in [0.15, 0.2) is 0 Å². The molecule has 0 spiro atoms. The Morgan fingerprint density at radius 2 is 2.08 bits per heavy atom. The van der Waals surface area contributed by atoms with Crippen LogP contribution in [-0.2, 0) is 17.8 Å². The Kier molecular flexibility index (Phi) is 6.91. The predicted octanol–water partition coefficient (Wildman–Crippen LogP) is 5.91. The third-order valence-corrected chi connectivity index (χ3v) is 7.29. The highest BCUT2D eigenvalue weighted by atomic mass is 79.9. The molecular weight excluding hydrogens is 408 g/mol. The maximum atomic E-state index is 12.4. The molecule has 1 aliphatic rings. The molecule has 0 atom stereocenters. The van der Waals surface area contributed by atoms with Crippen LogP contribution in [0.2, 0.25) is 25.7 Å². The van der Waals surface area contributed by atoms with E-state index in [1.54, 1.807) is 0 Å². The number of halogens is 1. The molecule has 5 heteroatoms. The van der Waals surface area contributed by atoms with E-state index in [0.29, 0.717) is 30.9 Å². The first-order valence-electron chi connectivity index (χ1n) is 9.02. The van der Waals surface area contributed by atoms with Crippen molar-refractivity contribution in [2.24, 2.45) is 0 Å². The first-order valence-corrected chi connectivity index (χ1v) is 13.8. The van der Waals surface area contributed by atoms with Crippen LogP contribution in [0.4, 0.5) is 0 Å². The third-order valence-electron chi connectivity index (χ3n) is 4.70. The Bertz CT molecular complexity index is 745. The summed E-state index contributed by atoms with van der Waals surface area (Å²) in [5, 5.41) is 0.828. The van der Waals surface area contributed by atoms with Crippen LogP contribution in [-0.4, -0.2) is 26.0 Å². The number of hydrogen-bond acceptors (Lipinski definition) is 3. The molecule has 0 aliphatic carbocycles. The molecule has 0 N–H and O–H groups in total. The van der Waals surface area contributed by atoms with Crippen LogP contribution in [0.25, 0.3) is 6.08 Å². The molecule has 1 aromatic carbocycles. The average molecular weight is 437 g/mol. The van der Waals surface area contributed by atoms with Crippen molar-refractivity contribution in [1.29, 1.82) is 0 Å². The molecule has 1 heterocycles. The summed E-state index contributed by atoms with van der Waals surface area (Å²) in [5.74, 6) is 0.420. The molecule has 0 fully saturated rings. The number of ether oxygens (including phenoxy) is 2. The number of esters is 1. The summed E-state index contributed by atoms with van der Waals surface area (Å²) >= 11 is 3.49. The summed E-state index contributed by atoms with van der Waals surface area (Å²) in [6.45, 7) is 16.0. The first-order chi connectivity index (χ1) is 12.2. The van der Waals surface area contributed by atoms with Crippen molar-refractivity contribution in [3.8, 4) is 5.75 Å². The fourth-order valence-electron chi connectivity index (χ4n) is 3.02. The van der Waals surface area contributed by atoms with Crippen LogP contribution in [0.1, 0.15) is 39.5 Å². The van der Waals surface area contributed by atoms with E-state index < -0.39 is 8.07 Å². The molecule has 0 radical (unpaired) electrons. The summed E-state index contributed by atoms with van der Waals surface area (Å²) in [5.41, 5.74) is 5.96. The number of alkyl halides is 1. The number of fused-ring (bicyclic) bond motifs is 1. The third kappa shape index (κ3) is 4.68. The van der Waals surface area contributed by atoms with Crippen LogP contribution >= 0.6 is 15.9 Å². The molecular formula is C21H29BrO3Si. The fraction of sp³-hybridized carbons (Fsp3) is 0.476. The average Bonchev–Trinajstić information content (AvgIpc) is 2.96. The zero-order valence-electron chi connectivity index (χ0n) is 16.5. The molecule has 0 unspecified atom stereocenters. The minimum absolute atomic E-state index is 0.274. The van der Waals surface area contributed by atoms with Crippen LogP contribution in [0, 0.1) is 6.92 Å². The largest absolute Gasteiger partial charge is 0.493 e. The van der Waals surface area contributed by atoms with Crippen LogP contribution in [0.15, 0.2) is 18.2 Å². The number of allylic oxidation sites excluding steroid dienone is 2. The second-order valence-electron chi connectivity index (χ2n) is 8.03. The fourth-order valence-corrected chi connectivity index (χ4v) is 3.96. The van der Waals surface area contributed by atoms with Gasteiger partial charge in [-0.05, 0) is 37.4 Å². The Balaban J connectivity index is 2.54. The molecule has 0 saturated heterocycles. The zero-order chi connectivity index (χ0) is 19.5. The highest BCUT2D eigenvalue weighted by molar-refractivity contribution is 9.09. The van der Waals surface area contributed by atoms with Gasteiger partial charge in [-0.1, -0.05) is 59.9 Å². The highest BCUT2D eigenvalue weighted by Crippen LogP contribution is 2.39. The van der Waals surface area contributed by atoms with E-state index in [2.05, 4.69) is 55.1 Å². The van der Waals surface area contributed by atoms with Gasteiger partial charge >= 0.3 is 5.97 Å². The van der Waals surface area contributed by atoms with Crippen LogP contribution in [0.5, 0.6) is 5.75 Å². The van der Waals surface area contributed by atoms with E-state index in [1.807, 2.05) is 13.0 Å². The molecule has 0 saturated carbocycles. The van der Waals surface area contributed by atoms with E-state index in [1.165, 1.54) is 5.57 Å². The molecule has 142 valence electrons. The van der Waals surface area contributed by atoms with Gasteiger partial charge in [0.25, 0.3) is 0 Å². The molecule has 0 bridgehead atoms. The van der Waals surface area contributed by atoms with E-state index in [4.69, 9.17) is 9.47 Å². The van der Waals surface area contributed by atoms with Gasteiger partial charge in [0.2, 0.25) is 0 Å². The normalized spacial score (nSPS) is 14.2. The lowest BCUT2D eigenvalue weighted by atomic mass is 9.90. The van der Waals surface area contributed by atoms with Crippen molar-refractivity contribution in [2.45, 2.75) is 52.6 Å². The van der Waals surface area contributed by atoms with E-state index in [0.717, 1.165) is 33.6 Å². The number of benzene rings is 1. The van der Waals surface area contributed by atoms with Crippen molar-refractivity contribution in [3.05, 3.63) is 46.0 Å². The van der Waals surface area contributed by atoms with Crippen molar-refractivity contribution >= 4 is 36.0 Å². The van der Waals surface area contributed by atoms with Crippen LogP contribution in [0.3, 0.4) is 0 Å². The topological polar surface area (TPSA) is 35.5 Å². The minimum atomic E-state index is -1.23. The SMILES string of the molecule is C=Cc1c(C)c2c(c(OCC[Si](C)(C)C)c1C/C=C(\C)CBr)C(=O)OC2. The van der Waals surface area contributed by atoms with Gasteiger partial charge in [-0.3, -0.25) is 0 Å². The van der Waals surface area contributed by atoms with Crippen molar-refractivity contribution in [3.63, 3.8) is 0 Å². The maximum Gasteiger partial charge on any atom is 0.342 e. The van der Waals surface area contributed by atoms with Gasteiger partial charge in [0, 0.05) is 24.5 Å². The summed E-state index contributed by atoms with van der Waals surface area (Å²) in [7, 11) is -1.23. The van der Waals surface area contributed by atoms with E-state index >= 15 is 0 Å². The molecule has 2 rings (SSSR count). The number of cyclic esters (lactones) is 1. The first kappa shape index (κ1) is 21.0. The maximum absolute atomic E-state index is 12.4. The molecule has 0 aromatic heterocycles. The Labute approximate surface area is 166 Å². The second kappa shape index (κ2) is 8.57. The quantitative estimate of drug-likeness (QED) is 0.220. The molecule has 3 nitrogen and oxygen atoms in total. The van der Waals surface area contributed by atoms with E-state index in [9.17, 15) is 4.79 Å². The summed E-state index contributed by atoms with van der Waals surface area (Å²) in [6.07, 6.45) is 4.76. The van der Waals surface area contributed by atoms with Gasteiger partial charge < -0.3 is 9.47 Å².